The molecule has 3 N–H and O–H groups in total. The maximum absolute atomic E-state index is 13.8. The molecular weight excluding hydrogens is 682 g/mol. The number of azide groups is 1. The largest absolute Gasteiger partial charge is 0.391 e. The molecule has 2 aromatic rings. The summed E-state index contributed by atoms with van der Waals surface area (Å²) in [4.78, 5) is 49.3. The predicted molar refractivity (Wildman–Crippen MR) is 190 cm³/mol. The van der Waals surface area contributed by atoms with Gasteiger partial charge < -0.3 is 44.3 Å². The molecule has 1 aliphatic rings. The lowest BCUT2D eigenvalue weighted by Gasteiger charge is -2.35. The molecule has 1 saturated heterocycles. The Morgan fingerprint density at radius 2 is 1.59 bits per heavy atom. The molecule has 1 aromatic carbocycles. The summed E-state index contributed by atoms with van der Waals surface area (Å²) in [5.74, 6) is -1.29. The first-order valence-corrected chi connectivity index (χ1v) is 17.8. The SMILES string of the molecule is Cc1ncsc1-c1ccc(CNC(=O)[C@@H]2C[C@@H](O)CN2C(=O)[C@@H](NC(=O)COCCOCCOCCOCCOCCN=[N+]=[N-])C(C)(C)C)cc1. The number of aryl methyl sites for hydroxylation is 1. The number of carbonyl (C=O) groups is 3. The number of nitrogens with zero attached hydrogens (tertiary/aromatic N) is 5. The molecule has 0 unspecified atom stereocenters. The van der Waals surface area contributed by atoms with E-state index in [9.17, 15) is 19.5 Å². The zero-order valence-corrected chi connectivity index (χ0v) is 30.7. The third-order valence-corrected chi connectivity index (χ3v) is 8.81. The van der Waals surface area contributed by atoms with Gasteiger partial charge in [-0.05, 0) is 29.0 Å². The molecule has 1 aliphatic heterocycles. The number of aliphatic hydroxyl groups excluding tert-OH is 1. The third kappa shape index (κ3) is 14.8. The molecule has 17 heteroatoms. The summed E-state index contributed by atoms with van der Waals surface area (Å²) in [6, 6.07) is 6.02. The number of amides is 3. The first kappa shape index (κ1) is 41.7. The van der Waals surface area contributed by atoms with Crippen LogP contribution in [0.3, 0.4) is 0 Å². The Hall–Kier alpha value is -3.67. The fourth-order valence-electron chi connectivity index (χ4n) is 5.18. The molecule has 1 fully saturated rings. The number of carbonyl (C=O) groups excluding carboxylic acids is 3. The van der Waals surface area contributed by atoms with Crippen molar-refractivity contribution in [2.24, 2.45) is 10.5 Å². The van der Waals surface area contributed by atoms with Crippen LogP contribution in [0.25, 0.3) is 20.9 Å². The Morgan fingerprint density at radius 3 is 2.14 bits per heavy atom. The molecule has 3 amide bonds. The number of nitrogens with one attached hydrogen (secondary N) is 2. The Morgan fingerprint density at radius 1 is 1.00 bits per heavy atom. The number of ether oxygens (including phenoxy) is 5. The molecule has 16 nitrogen and oxygen atoms in total. The molecule has 0 aliphatic carbocycles. The normalized spacial score (nSPS) is 16.5. The van der Waals surface area contributed by atoms with Gasteiger partial charge in [-0.3, -0.25) is 14.4 Å². The molecule has 3 rings (SSSR count). The van der Waals surface area contributed by atoms with Gasteiger partial charge in [0.1, 0.15) is 18.7 Å². The number of hydrogen-bond donors (Lipinski definition) is 3. The summed E-state index contributed by atoms with van der Waals surface area (Å²) in [5, 5.41) is 19.5. The maximum atomic E-state index is 13.8. The van der Waals surface area contributed by atoms with Crippen molar-refractivity contribution in [2.75, 3.05) is 79.2 Å². The molecule has 2 heterocycles. The number of aliphatic hydroxyl groups is 1. The smallest absolute Gasteiger partial charge is 0.246 e. The van der Waals surface area contributed by atoms with Crippen LogP contribution in [0.2, 0.25) is 0 Å². The number of thiazole rings is 1. The van der Waals surface area contributed by atoms with Crippen LogP contribution < -0.4 is 10.6 Å². The molecule has 1 aromatic heterocycles. The first-order chi connectivity index (χ1) is 24.5. The summed E-state index contributed by atoms with van der Waals surface area (Å²) in [6.07, 6.45) is -0.760. The Balaban J connectivity index is 1.34. The highest BCUT2D eigenvalue weighted by Gasteiger charge is 2.44. The maximum Gasteiger partial charge on any atom is 0.246 e. The molecule has 0 saturated carbocycles. The van der Waals surface area contributed by atoms with E-state index in [1.165, 1.54) is 4.90 Å². The van der Waals surface area contributed by atoms with Crippen LogP contribution in [0.1, 0.15) is 38.4 Å². The van der Waals surface area contributed by atoms with Crippen LogP contribution in [-0.2, 0) is 44.6 Å². The van der Waals surface area contributed by atoms with E-state index in [1.54, 1.807) is 11.3 Å². The van der Waals surface area contributed by atoms with Crippen molar-refractivity contribution in [1.29, 1.82) is 0 Å². The minimum atomic E-state index is -0.953. The van der Waals surface area contributed by atoms with Crippen molar-refractivity contribution < 1.29 is 43.2 Å². The monoisotopic (exact) mass is 733 g/mol. The number of rotatable bonds is 23. The van der Waals surface area contributed by atoms with Crippen molar-refractivity contribution in [2.45, 2.75) is 58.8 Å². The van der Waals surface area contributed by atoms with E-state index in [-0.39, 0.29) is 51.8 Å². The average Bonchev–Trinajstić information content (AvgIpc) is 3.72. The quantitative estimate of drug-likeness (QED) is 0.0659. The Labute approximate surface area is 302 Å². The van der Waals surface area contributed by atoms with Gasteiger partial charge in [0, 0.05) is 31.0 Å². The van der Waals surface area contributed by atoms with Gasteiger partial charge in [0.25, 0.3) is 0 Å². The topological polar surface area (TPSA) is 207 Å². The van der Waals surface area contributed by atoms with Gasteiger partial charge in [-0.15, -0.1) is 11.3 Å². The van der Waals surface area contributed by atoms with Gasteiger partial charge in [-0.2, -0.15) is 0 Å². The van der Waals surface area contributed by atoms with Crippen LogP contribution in [0.15, 0.2) is 34.9 Å². The molecule has 0 bridgehead atoms. The molecule has 51 heavy (non-hydrogen) atoms. The minimum Gasteiger partial charge on any atom is -0.391 e. The second-order valence-electron chi connectivity index (χ2n) is 12.9. The first-order valence-electron chi connectivity index (χ1n) is 17.0. The molecule has 0 spiro atoms. The Bertz CT molecular complexity index is 1410. The summed E-state index contributed by atoms with van der Waals surface area (Å²) in [5.41, 5.74) is 12.2. The molecule has 3 atom stereocenters. The van der Waals surface area contributed by atoms with Gasteiger partial charge in [0.15, 0.2) is 0 Å². The lowest BCUT2D eigenvalue weighted by molar-refractivity contribution is -0.144. The third-order valence-electron chi connectivity index (χ3n) is 7.83. The summed E-state index contributed by atoms with van der Waals surface area (Å²) < 4.78 is 26.9. The van der Waals surface area contributed by atoms with Crippen LogP contribution in [-0.4, -0.2) is 130 Å². The van der Waals surface area contributed by atoms with Crippen molar-refractivity contribution >= 4 is 29.1 Å². The van der Waals surface area contributed by atoms with Crippen LogP contribution >= 0.6 is 11.3 Å². The highest BCUT2D eigenvalue weighted by Crippen LogP contribution is 2.28. The van der Waals surface area contributed by atoms with E-state index in [0.29, 0.717) is 46.2 Å². The van der Waals surface area contributed by atoms with Gasteiger partial charge in [-0.1, -0.05) is 50.2 Å². The zero-order valence-electron chi connectivity index (χ0n) is 29.9. The van der Waals surface area contributed by atoms with E-state index in [0.717, 1.165) is 21.7 Å². The number of β-amino-alcohol motifs (C(OH)–C–C–N with tert-alkyl or cyclic N) is 1. The highest BCUT2D eigenvalue weighted by atomic mass is 32.1. The molecule has 282 valence electrons. The number of aromatic nitrogens is 1. The molecule has 0 radical (unpaired) electrons. The number of benzene rings is 1. The fourth-order valence-corrected chi connectivity index (χ4v) is 5.99. The zero-order chi connectivity index (χ0) is 37.1. The highest BCUT2D eigenvalue weighted by molar-refractivity contribution is 7.13. The van der Waals surface area contributed by atoms with E-state index in [1.807, 2.05) is 57.5 Å². The van der Waals surface area contributed by atoms with E-state index >= 15 is 0 Å². The standard InChI is InChI=1S/C34H51N7O9S/c1-24-30(51-23-37-24)26-7-5-25(6-8-26)20-36-32(44)28-19-27(42)21-41(28)33(45)31(34(2,3)4)39-29(43)22-50-18-17-49-16-15-48-14-13-47-12-11-46-10-9-38-40-35/h5-8,23,27-28,31,42H,9-22H2,1-4H3,(H,36,44)(H,39,43)/t27-,28+,31-/m1/s1. The number of likely N-dealkylation sites (tertiary alicyclic amines) is 1. The second-order valence-corrected chi connectivity index (χ2v) is 13.8. The van der Waals surface area contributed by atoms with Crippen molar-refractivity contribution in [3.8, 4) is 10.4 Å². The van der Waals surface area contributed by atoms with Crippen molar-refractivity contribution in [3.05, 3.63) is 51.5 Å². The second kappa shape index (κ2) is 22.3. The summed E-state index contributed by atoms with van der Waals surface area (Å²) >= 11 is 1.57. The van der Waals surface area contributed by atoms with Crippen LogP contribution in [0.4, 0.5) is 0 Å². The van der Waals surface area contributed by atoms with Gasteiger partial charge in [-0.25, -0.2) is 4.98 Å². The van der Waals surface area contributed by atoms with Crippen molar-refractivity contribution in [3.63, 3.8) is 0 Å². The Kier molecular flexibility index (Phi) is 18.3. The number of hydrogen-bond acceptors (Lipinski definition) is 12. The van der Waals surface area contributed by atoms with E-state index in [2.05, 4.69) is 25.6 Å². The van der Waals surface area contributed by atoms with Gasteiger partial charge >= 0.3 is 0 Å². The van der Waals surface area contributed by atoms with Crippen LogP contribution in [0.5, 0.6) is 0 Å². The summed E-state index contributed by atoms with van der Waals surface area (Å²) in [7, 11) is 0. The predicted octanol–water partition coefficient (Wildman–Crippen LogP) is 2.62. The average molecular weight is 734 g/mol. The molecular formula is C34H51N7O9S. The lowest BCUT2D eigenvalue weighted by atomic mass is 9.85. The lowest BCUT2D eigenvalue weighted by Crippen LogP contribution is -2.58. The van der Waals surface area contributed by atoms with Gasteiger partial charge in [0.05, 0.1) is 81.6 Å². The van der Waals surface area contributed by atoms with Gasteiger partial charge in [0.2, 0.25) is 17.7 Å². The summed E-state index contributed by atoms with van der Waals surface area (Å²) in [6.45, 7) is 10.8. The van der Waals surface area contributed by atoms with E-state index < -0.39 is 35.4 Å². The van der Waals surface area contributed by atoms with Crippen LogP contribution in [0, 0.1) is 12.3 Å². The minimum absolute atomic E-state index is 0.0108. The van der Waals surface area contributed by atoms with Crippen molar-refractivity contribution in [1.82, 2.24) is 20.5 Å². The van der Waals surface area contributed by atoms with E-state index in [4.69, 9.17) is 29.2 Å². The fraction of sp³-hybridized carbons (Fsp3) is 0.647.